The Kier molecular flexibility index (Phi) is 4.17. The fourth-order valence-corrected chi connectivity index (χ4v) is 2.12. The van der Waals surface area contributed by atoms with Crippen molar-refractivity contribution in [1.82, 2.24) is 5.32 Å². The summed E-state index contributed by atoms with van der Waals surface area (Å²) in [6.07, 6.45) is -3.28. The van der Waals surface area contributed by atoms with Gasteiger partial charge < -0.3 is 15.7 Å². The molecule has 0 bridgehead atoms. The molecule has 5 nitrogen and oxygen atoms in total. The van der Waals surface area contributed by atoms with Crippen LogP contribution in [0.3, 0.4) is 0 Å². The zero-order valence-electron chi connectivity index (χ0n) is 10.8. The number of carbonyl (C=O) groups is 2. The van der Waals surface area contributed by atoms with Crippen molar-refractivity contribution in [2.24, 2.45) is 0 Å². The van der Waals surface area contributed by atoms with E-state index in [9.17, 15) is 22.8 Å². The molecule has 1 saturated heterocycles. The van der Waals surface area contributed by atoms with Crippen LogP contribution in [0.4, 0.5) is 18.9 Å². The lowest BCUT2D eigenvalue weighted by molar-refractivity contribution is -0.137. The van der Waals surface area contributed by atoms with E-state index in [1.165, 1.54) is 0 Å². The SMILES string of the molecule is O=C(O)c1cc(NC(=O)[C@@H]2CCCN2)cc(C(F)(F)F)c1. The summed E-state index contributed by atoms with van der Waals surface area (Å²) >= 11 is 0. The number of hydrogen-bond donors (Lipinski definition) is 3. The van der Waals surface area contributed by atoms with Crippen LogP contribution in [0.2, 0.25) is 0 Å². The monoisotopic (exact) mass is 302 g/mol. The van der Waals surface area contributed by atoms with Gasteiger partial charge in [0.1, 0.15) is 0 Å². The molecular weight excluding hydrogens is 289 g/mol. The Hall–Kier alpha value is -2.09. The van der Waals surface area contributed by atoms with Crippen LogP contribution >= 0.6 is 0 Å². The number of alkyl halides is 3. The van der Waals surface area contributed by atoms with Crippen LogP contribution in [0.1, 0.15) is 28.8 Å². The van der Waals surface area contributed by atoms with Gasteiger partial charge in [0.05, 0.1) is 17.2 Å². The molecular formula is C13H13F3N2O3. The molecule has 8 heteroatoms. The molecule has 1 heterocycles. The predicted octanol–water partition coefficient (Wildman–Crippen LogP) is 2.09. The summed E-state index contributed by atoms with van der Waals surface area (Å²) in [7, 11) is 0. The van der Waals surface area contributed by atoms with Crippen LogP contribution < -0.4 is 10.6 Å². The number of aromatic carboxylic acids is 1. The van der Waals surface area contributed by atoms with Crippen molar-refractivity contribution < 1.29 is 27.9 Å². The van der Waals surface area contributed by atoms with Gasteiger partial charge in [-0.15, -0.1) is 0 Å². The minimum atomic E-state index is -4.68. The second-order valence-electron chi connectivity index (χ2n) is 4.74. The maximum absolute atomic E-state index is 12.7. The molecule has 1 aliphatic heterocycles. The predicted molar refractivity (Wildman–Crippen MR) is 68.1 cm³/mol. The molecule has 0 aliphatic carbocycles. The Balaban J connectivity index is 2.27. The van der Waals surface area contributed by atoms with E-state index in [2.05, 4.69) is 10.6 Å². The first-order chi connectivity index (χ1) is 9.77. The third-order valence-corrected chi connectivity index (χ3v) is 3.15. The highest BCUT2D eigenvalue weighted by Crippen LogP contribution is 2.32. The lowest BCUT2D eigenvalue weighted by Gasteiger charge is -2.14. The topological polar surface area (TPSA) is 78.4 Å². The van der Waals surface area contributed by atoms with Crippen molar-refractivity contribution in [1.29, 1.82) is 0 Å². The molecule has 0 spiro atoms. The number of anilines is 1. The summed E-state index contributed by atoms with van der Waals surface area (Å²) in [5.41, 5.74) is -1.82. The number of nitrogens with one attached hydrogen (secondary N) is 2. The minimum Gasteiger partial charge on any atom is -0.478 e. The van der Waals surface area contributed by atoms with Gasteiger partial charge in [-0.05, 0) is 37.6 Å². The molecule has 1 atom stereocenters. The summed E-state index contributed by atoms with van der Waals surface area (Å²) in [6, 6.07) is 1.79. The Labute approximate surface area is 118 Å². The van der Waals surface area contributed by atoms with Crippen molar-refractivity contribution in [2.45, 2.75) is 25.1 Å². The smallest absolute Gasteiger partial charge is 0.416 e. The largest absolute Gasteiger partial charge is 0.478 e. The number of halogens is 3. The summed E-state index contributed by atoms with van der Waals surface area (Å²) in [5, 5.41) is 14.1. The molecule has 1 aromatic carbocycles. The third kappa shape index (κ3) is 3.72. The molecule has 1 amide bonds. The molecule has 1 aliphatic rings. The van der Waals surface area contributed by atoms with Gasteiger partial charge in [-0.3, -0.25) is 4.79 Å². The fourth-order valence-electron chi connectivity index (χ4n) is 2.12. The molecule has 1 aromatic rings. The second-order valence-corrected chi connectivity index (χ2v) is 4.74. The number of carbonyl (C=O) groups excluding carboxylic acids is 1. The van der Waals surface area contributed by atoms with E-state index in [1.807, 2.05) is 0 Å². The van der Waals surface area contributed by atoms with E-state index in [0.29, 0.717) is 19.0 Å². The number of carboxylic acids is 1. The number of hydrogen-bond acceptors (Lipinski definition) is 3. The van der Waals surface area contributed by atoms with Crippen molar-refractivity contribution in [3.63, 3.8) is 0 Å². The highest BCUT2D eigenvalue weighted by Gasteiger charge is 2.32. The van der Waals surface area contributed by atoms with E-state index in [0.717, 1.165) is 18.6 Å². The van der Waals surface area contributed by atoms with E-state index in [4.69, 9.17) is 5.11 Å². The number of rotatable bonds is 3. The Morgan fingerprint density at radius 3 is 2.52 bits per heavy atom. The van der Waals surface area contributed by atoms with Crippen LogP contribution in [0, 0.1) is 0 Å². The molecule has 0 radical (unpaired) electrons. The first-order valence-corrected chi connectivity index (χ1v) is 6.27. The normalized spacial score (nSPS) is 18.5. The van der Waals surface area contributed by atoms with E-state index < -0.39 is 35.2 Å². The van der Waals surface area contributed by atoms with Gasteiger partial charge in [0.15, 0.2) is 0 Å². The molecule has 3 N–H and O–H groups in total. The highest BCUT2D eigenvalue weighted by atomic mass is 19.4. The minimum absolute atomic E-state index is 0.180. The van der Waals surface area contributed by atoms with Crippen LogP contribution in [-0.2, 0) is 11.0 Å². The van der Waals surface area contributed by atoms with Gasteiger partial charge >= 0.3 is 12.1 Å². The standard InChI is InChI=1S/C13H13F3N2O3/c14-13(15,16)8-4-7(12(20)21)5-9(6-8)18-11(19)10-2-1-3-17-10/h4-6,10,17H,1-3H2,(H,18,19)(H,20,21)/t10-/m0/s1. The van der Waals surface area contributed by atoms with Crippen LogP contribution in [0.15, 0.2) is 18.2 Å². The van der Waals surface area contributed by atoms with Crippen molar-refractivity contribution >= 4 is 17.6 Å². The first-order valence-electron chi connectivity index (χ1n) is 6.27. The molecule has 0 aromatic heterocycles. The average Bonchev–Trinajstić information content (AvgIpc) is 2.91. The summed E-state index contributed by atoms with van der Waals surface area (Å²) in [4.78, 5) is 22.7. The summed E-state index contributed by atoms with van der Waals surface area (Å²) < 4.78 is 38.2. The van der Waals surface area contributed by atoms with Gasteiger partial charge in [-0.1, -0.05) is 0 Å². The van der Waals surface area contributed by atoms with Crippen LogP contribution in [-0.4, -0.2) is 29.6 Å². The number of carboxylic acid groups (broad SMARTS) is 1. The quantitative estimate of drug-likeness (QED) is 0.799. The molecule has 1 fully saturated rings. The molecule has 0 unspecified atom stereocenters. The maximum Gasteiger partial charge on any atom is 0.416 e. The average molecular weight is 302 g/mol. The van der Waals surface area contributed by atoms with E-state index in [-0.39, 0.29) is 5.69 Å². The zero-order valence-corrected chi connectivity index (χ0v) is 10.8. The van der Waals surface area contributed by atoms with Gasteiger partial charge in [0.25, 0.3) is 0 Å². The van der Waals surface area contributed by atoms with Crippen LogP contribution in [0.25, 0.3) is 0 Å². The van der Waals surface area contributed by atoms with Gasteiger partial charge in [-0.2, -0.15) is 13.2 Å². The van der Waals surface area contributed by atoms with Crippen LogP contribution in [0.5, 0.6) is 0 Å². The Morgan fingerprint density at radius 2 is 2.00 bits per heavy atom. The van der Waals surface area contributed by atoms with E-state index >= 15 is 0 Å². The van der Waals surface area contributed by atoms with Crippen molar-refractivity contribution in [3.05, 3.63) is 29.3 Å². The van der Waals surface area contributed by atoms with E-state index in [1.54, 1.807) is 0 Å². The maximum atomic E-state index is 12.7. The molecule has 2 rings (SSSR count). The van der Waals surface area contributed by atoms with Crippen molar-refractivity contribution in [2.75, 3.05) is 11.9 Å². The lowest BCUT2D eigenvalue weighted by atomic mass is 10.1. The zero-order chi connectivity index (χ0) is 15.6. The van der Waals surface area contributed by atoms with Crippen molar-refractivity contribution in [3.8, 4) is 0 Å². The lowest BCUT2D eigenvalue weighted by Crippen LogP contribution is -2.35. The Morgan fingerprint density at radius 1 is 1.29 bits per heavy atom. The number of benzene rings is 1. The second kappa shape index (κ2) is 5.72. The van der Waals surface area contributed by atoms with Gasteiger partial charge in [-0.25, -0.2) is 4.79 Å². The summed E-state index contributed by atoms with van der Waals surface area (Å²) in [5.74, 6) is -1.96. The van der Waals surface area contributed by atoms with Gasteiger partial charge in [0, 0.05) is 5.69 Å². The summed E-state index contributed by atoms with van der Waals surface area (Å²) in [6.45, 7) is 0.668. The molecule has 0 saturated carbocycles. The van der Waals surface area contributed by atoms with Gasteiger partial charge in [0.2, 0.25) is 5.91 Å². The highest BCUT2D eigenvalue weighted by molar-refractivity contribution is 5.97. The first kappa shape index (κ1) is 15.3. The number of amides is 1. The Bertz CT molecular complexity index is 566. The third-order valence-electron chi connectivity index (χ3n) is 3.15. The molecule has 21 heavy (non-hydrogen) atoms. The fraction of sp³-hybridized carbons (Fsp3) is 0.385. The molecule has 114 valence electrons.